The van der Waals surface area contributed by atoms with Gasteiger partial charge in [-0.3, -0.25) is 9.78 Å². The Morgan fingerprint density at radius 2 is 1.90 bits per heavy atom. The van der Waals surface area contributed by atoms with Gasteiger partial charge in [0, 0.05) is 0 Å². The molecular formula is C12H11F3N4O2. The summed E-state index contributed by atoms with van der Waals surface area (Å²) < 4.78 is 37.3. The van der Waals surface area contributed by atoms with E-state index in [0.29, 0.717) is 5.56 Å². The second kappa shape index (κ2) is 5.43. The maximum atomic E-state index is 12.4. The Hall–Kier alpha value is -2.58. The van der Waals surface area contributed by atoms with Crippen molar-refractivity contribution in [2.24, 2.45) is 0 Å². The number of nitrogens with one attached hydrogen (secondary N) is 3. The molecule has 21 heavy (non-hydrogen) atoms. The van der Waals surface area contributed by atoms with Crippen LogP contribution in [0.3, 0.4) is 0 Å². The summed E-state index contributed by atoms with van der Waals surface area (Å²) in [6.07, 6.45) is -4.40. The van der Waals surface area contributed by atoms with Crippen LogP contribution in [0.2, 0.25) is 0 Å². The van der Waals surface area contributed by atoms with Crippen molar-refractivity contribution >= 4 is 5.91 Å². The van der Waals surface area contributed by atoms with Crippen LogP contribution < -0.4 is 11.0 Å². The first-order valence-corrected chi connectivity index (χ1v) is 5.90. The number of hydrogen-bond donors (Lipinski definition) is 3. The molecule has 0 fully saturated rings. The van der Waals surface area contributed by atoms with Crippen LogP contribution in [-0.4, -0.2) is 21.1 Å². The summed E-state index contributed by atoms with van der Waals surface area (Å²) in [6, 6.07) is 3.89. The minimum Gasteiger partial charge on any atom is -0.343 e. The number of amides is 1. The zero-order valence-electron chi connectivity index (χ0n) is 10.8. The van der Waals surface area contributed by atoms with E-state index in [0.717, 1.165) is 12.1 Å². The van der Waals surface area contributed by atoms with Crippen molar-refractivity contribution in [2.45, 2.75) is 19.1 Å². The van der Waals surface area contributed by atoms with Crippen LogP contribution in [0.15, 0.2) is 29.1 Å². The highest BCUT2D eigenvalue weighted by Gasteiger charge is 2.30. The van der Waals surface area contributed by atoms with Gasteiger partial charge in [0.25, 0.3) is 5.91 Å². The molecule has 3 N–H and O–H groups in total. The van der Waals surface area contributed by atoms with Gasteiger partial charge >= 0.3 is 11.9 Å². The maximum absolute atomic E-state index is 12.4. The van der Waals surface area contributed by atoms with E-state index in [1.807, 2.05) is 5.10 Å². The molecule has 0 aliphatic rings. The molecule has 0 saturated heterocycles. The van der Waals surface area contributed by atoms with E-state index in [1.54, 1.807) is 6.92 Å². The van der Waals surface area contributed by atoms with Gasteiger partial charge in [0.1, 0.15) is 0 Å². The lowest BCUT2D eigenvalue weighted by atomic mass is 10.1. The predicted octanol–water partition coefficient (Wildman–Crippen LogP) is 1.61. The third-order valence-electron chi connectivity index (χ3n) is 2.80. The largest absolute Gasteiger partial charge is 0.416 e. The van der Waals surface area contributed by atoms with Gasteiger partial charge in [0.2, 0.25) is 5.82 Å². The lowest BCUT2D eigenvalue weighted by Crippen LogP contribution is -2.28. The number of alkyl halides is 3. The maximum Gasteiger partial charge on any atom is 0.416 e. The molecule has 0 radical (unpaired) electrons. The smallest absolute Gasteiger partial charge is 0.343 e. The molecule has 1 amide bonds. The summed E-state index contributed by atoms with van der Waals surface area (Å²) in [5.41, 5.74) is -0.891. The highest BCUT2D eigenvalue weighted by molar-refractivity contribution is 5.90. The Morgan fingerprint density at radius 1 is 1.29 bits per heavy atom. The van der Waals surface area contributed by atoms with Gasteiger partial charge in [0.05, 0.1) is 11.6 Å². The average molecular weight is 300 g/mol. The molecule has 1 aromatic heterocycles. The molecule has 112 valence electrons. The van der Waals surface area contributed by atoms with E-state index in [-0.39, 0.29) is 5.82 Å². The lowest BCUT2D eigenvalue weighted by Gasteiger charge is -2.14. The molecule has 1 aromatic carbocycles. The topological polar surface area (TPSA) is 90.6 Å². The number of aromatic nitrogens is 3. The number of carbonyl (C=O) groups is 1. The summed E-state index contributed by atoms with van der Waals surface area (Å²) in [5.74, 6) is -0.834. The zero-order chi connectivity index (χ0) is 15.6. The highest BCUT2D eigenvalue weighted by Crippen LogP contribution is 2.29. The van der Waals surface area contributed by atoms with Gasteiger partial charge in [-0.15, -0.1) is 5.10 Å². The van der Waals surface area contributed by atoms with Crippen LogP contribution in [0.4, 0.5) is 13.2 Å². The number of aromatic amines is 2. The Bertz CT molecular complexity index is 688. The molecule has 0 bridgehead atoms. The molecule has 2 aromatic rings. The molecule has 0 aliphatic carbocycles. The van der Waals surface area contributed by atoms with Crippen molar-refractivity contribution < 1.29 is 18.0 Å². The molecule has 0 saturated carbocycles. The van der Waals surface area contributed by atoms with Crippen molar-refractivity contribution in [1.29, 1.82) is 0 Å². The first kappa shape index (κ1) is 14.8. The Morgan fingerprint density at radius 3 is 2.38 bits per heavy atom. The van der Waals surface area contributed by atoms with Crippen LogP contribution in [-0.2, 0) is 6.18 Å². The van der Waals surface area contributed by atoms with Crippen LogP contribution in [0.1, 0.15) is 34.7 Å². The predicted molar refractivity (Wildman–Crippen MR) is 66.5 cm³/mol. The van der Waals surface area contributed by atoms with Crippen LogP contribution >= 0.6 is 0 Å². The van der Waals surface area contributed by atoms with Gasteiger partial charge in [-0.25, -0.2) is 9.89 Å². The summed E-state index contributed by atoms with van der Waals surface area (Å²) in [7, 11) is 0. The van der Waals surface area contributed by atoms with E-state index in [9.17, 15) is 22.8 Å². The van der Waals surface area contributed by atoms with Crippen LogP contribution in [0.5, 0.6) is 0 Å². The van der Waals surface area contributed by atoms with Gasteiger partial charge in [-0.2, -0.15) is 13.2 Å². The van der Waals surface area contributed by atoms with E-state index < -0.39 is 29.4 Å². The fourth-order valence-corrected chi connectivity index (χ4v) is 1.69. The second-order valence-electron chi connectivity index (χ2n) is 4.34. The number of halogens is 3. The summed E-state index contributed by atoms with van der Waals surface area (Å²) in [6.45, 7) is 1.60. The van der Waals surface area contributed by atoms with Gasteiger partial charge in [-0.05, 0) is 24.6 Å². The van der Waals surface area contributed by atoms with Crippen molar-refractivity contribution in [2.75, 3.05) is 0 Å². The van der Waals surface area contributed by atoms with Crippen molar-refractivity contribution in [3.05, 3.63) is 51.7 Å². The first-order valence-electron chi connectivity index (χ1n) is 5.90. The Labute approximate surface area is 116 Å². The molecule has 0 aliphatic heterocycles. The number of benzene rings is 1. The van der Waals surface area contributed by atoms with E-state index in [2.05, 4.69) is 15.4 Å². The molecule has 0 unspecified atom stereocenters. The van der Waals surface area contributed by atoms with Crippen molar-refractivity contribution in [3.8, 4) is 0 Å². The van der Waals surface area contributed by atoms with E-state index in [1.165, 1.54) is 12.1 Å². The molecule has 2 rings (SSSR count). The standard InChI is InChI=1S/C12H11F3N4O2/c1-6(16-10(20)9-17-11(21)19-18-9)7-2-4-8(5-3-7)12(13,14)15/h2-6H,1H3,(H,16,20)(H2,17,18,19,21)/t6-/m0/s1. The fourth-order valence-electron chi connectivity index (χ4n) is 1.69. The van der Waals surface area contributed by atoms with Crippen molar-refractivity contribution in [3.63, 3.8) is 0 Å². The van der Waals surface area contributed by atoms with Gasteiger partial charge in [0.15, 0.2) is 0 Å². The molecule has 0 spiro atoms. The van der Waals surface area contributed by atoms with Crippen LogP contribution in [0, 0.1) is 0 Å². The number of carbonyl (C=O) groups excluding carboxylic acids is 1. The SMILES string of the molecule is C[C@H](NC(=O)c1n[nH]c(=O)[nH]1)c1ccc(C(F)(F)F)cc1. The van der Waals surface area contributed by atoms with E-state index in [4.69, 9.17) is 0 Å². The molecule has 1 atom stereocenters. The molecule has 9 heteroatoms. The fraction of sp³-hybridized carbons (Fsp3) is 0.250. The highest BCUT2D eigenvalue weighted by atomic mass is 19.4. The first-order chi connectivity index (χ1) is 9.77. The van der Waals surface area contributed by atoms with E-state index >= 15 is 0 Å². The summed E-state index contributed by atoms with van der Waals surface area (Å²) in [5, 5.41) is 8.01. The van der Waals surface area contributed by atoms with Gasteiger partial charge in [-0.1, -0.05) is 12.1 Å². The lowest BCUT2D eigenvalue weighted by molar-refractivity contribution is -0.137. The Balaban J connectivity index is 2.08. The second-order valence-corrected chi connectivity index (χ2v) is 4.34. The number of rotatable bonds is 3. The summed E-state index contributed by atoms with van der Waals surface area (Å²) in [4.78, 5) is 24.7. The van der Waals surface area contributed by atoms with Crippen molar-refractivity contribution in [1.82, 2.24) is 20.5 Å². The molecular weight excluding hydrogens is 289 g/mol. The third-order valence-corrected chi connectivity index (χ3v) is 2.80. The third kappa shape index (κ3) is 3.50. The zero-order valence-corrected chi connectivity index (χ0v) is 10.8. The average Bonchev–Trinajstić information content (AvgIpc) is 2.84. The minimum absolute atomic E-state index is 0.196. The molecule has 1 heterocycles. The quantitative estimate of drug-likeness (QED) is 0.804. The van der Waals surface area contributed by atoms with Gasteiger partial charge < -0.3 is 5.32 Å². The summed E-state index contributed by atoms with van der Waals surface area (Å²) >= 11 is 0. The Kier molecular flexibility index (Phi) is 3.83. The minimum atomic E-state index is -4.40. The number of hydrogen-bond acceptors (Lipinski definition) is 3. The number of nitrogens with zero attached hydrogens (tertiary/aromatic N) is 1. The normalized spacial score (nSPS) is 13.0. The monoisotopic (exact) mass is 300 g/mol. The number of H-pyrrole nitrogens is 2. The van der Waals surface area contributed by atoms with Crippen LogP contribution in [0.25, 0.3) is 0 Å². The molecule has 6 nitrogen and oxygen atoms in total.